The Morgan fingerprint density at radius 3 is 3.00 bits per heavy atom. The first-order chi connectivity index (χ1) is 6.24. The Morgan fingerprint density at radius 2 is 2.31 bits per heavy atom. The molecule has 1 aliphatic heterocycles. The molecule has 0 unspecified atom stereocenters. The van der Waals surface area contributed by atoms with Crippen molar-refractivity contribution in [3.8, 4) is 0 Å². The van der Waals surface area contributed by atoms with Crippen molar-refractivity contribution in [2.24, 2.45) is 0 Å². The molecule has 0 aliphatic carbocycles. The summed E-state index contributed by atoms with van der Waals surface area (Å²) >= 11 is 0. The van der Waals surface area contributed by atoms with Crippen LogP contribution >= 0.6 is 0 Å². The molecule has 1 aromatic heterocycles. The first kappa shape index (κ1) is 8.68. The molecule has 13 heavy (non-hydrogen) atoms. The normalized spacial score (nSPS) is 33.0. The maximum atomic E-state index is 9.54. The van der Waals surface area contributed by atoms with E-state index in [0.717, 1.165) is 0 Å². The van der Waals surface area contributed by atoms with Gasteiger partial charge in [-0.2, -0.15) is 0 Å². The summed E-state index contributed by atoms with van der Waals surface area (Å²) in [6.07, 6.45) is 1.74. The Balaban J connectivity index is 2.38. The smallest absolute Gasteiger partial charge is 0.121 e. The molecule has 3 atom stereocenters. The van der Waals surface area contributed by atoms with Crippen molar-refractivity contribution in [3.63, 3.8) is 0 Å². The van der Waals surface area contributed by atoms with Crippen LogP contribution in [0.5, 0.6) is 0 Å². The highest BCUT2D eigenvalue weighted by Gasteiger charge is 2.32. The van der Waals surface area contributed by atoms with Gasteiger partial charge in [-0.1, -0.05) is 0 Å². The minimum Gasteiger partial charge on any atom is -0.394 e. The third-order valence-electron chi connectivity index (χ3n) is 2.48. The minimum absolute atomic E-state index is 0.0485. The first-order valence-electron chi connectivity index (χ1n) is 4.22. The molecule has 2 heterocycles. The molecule has 0 radical (unpaired) electrons. The second-order valence-corrected chi connectivity index (χ2v) is 3.31. The number of imidazole rings is 1. The molecular formula is C8H12N2O3. The van der Waals surface area contributed by atoms with Gasteiger partial charge in [-0.05, 0) is 6.42 Å². The van der Waals surface area contributed by atoms with E-state index >= 15 is 0 Å². The van der Waals surface area contributed by atoms with Crippen LogP contribution in [0.4, 0.5) is 0 Å². The number of rotatable bonds is 1. The van der Waals surface area contributed by atoms with Crippen LogP contribution in [0.2, 0.25) is 0 Å². The summed E-state index contributed by atoms with van der Waals surface area (Å²) in [5.41, 5.74) is 0.567. The van der Waals surface area contributed by atoms with Crippen LogP contribution in [0.15, 0.2) is 12.5 Å². The van der Waals surface area contributed by atoms with Gasteiger partial charge in [0.1, 0.15) is 6.10 Å². The lowest BCUT2D eigenvalue weighted by Gasteiger charge is -2.31. The van der Waals surface area contributed by atoms with E-state index in [2.05, 4.69) is 4.98 Å². The van der Waals surface area contributed by atoms with Gasteiger partial charge >= 0.3 is 0 Å². The topological polar surface area (TPSA) is 78.5 Å². The highest BCUT2D eigenvalue weighted by atomic mass is 16.3. The number of hydrogen-bond donors (Lipinski definition) is 3. The van der Waals surface area contributed by atoms with Crippen LogP contribution in [0.1, 0.15) is 24.3 Å². The molecule has 1 aliphatic rings. The van der Waals surface area contributed by atoms with Crippen molar-refractivity contribution in [1.82, 2.24) is 9.55 Å². The van der Waals surface area contributed by atoms with Crippen molar-refractivity contribution in [2.45, 2.75) is 24.7 Å². The van der Waals surface area contributed by atoms with Crippen molar-refractivity contribution >= 4 is 0 Å². The van der Waals surface area contributed by atoms with Crippen LogP contribution in [-0.2, 0) is 0 Å². The molecule has 0 saturated carbocycles. The lowest BCUT2D eigenvalue weighted by molar-refractivity contribution is -0.0227. The zero-order valence-electron chi connectivity index (χ0n) is 7.04. The van der Waals surface area contributed by atoms with Gasteiger partial charge in [-0.25, -0.2) is 4.98 Å². The highest BCUT2D eigenvalue weighted by Crippen LogP contribution is 2.31. The number of aliphatic hydroxyl groups is 3. The predicted octanol–water partition coefficient (Wildman–Crippen LogP) is -0.786. The Labute approximate surface area is 75.3 Å². The Bertz CT molecular complexity index is 289. The van der Waals surface area contributed by atoms with Crippen LogP contribution in [0.3, 0.4) is 0 Å². The van der Waals surface area contributed by atoms with E-state index in [4.69, 9.17) is 5.11 Å². The number of aromatic nitrogens is 2. The van der Waals surface area contributed by atoms with Gasteiger partial charge in [-0.3, -0.25) is 0 Å². The number of hydrogen-bond acceptors (Lipinski definition) is 4. The lowest BCUT2D eigenvalue weighted by Crippen LogP contribution is -2.33. The molecule has 0 bridgehead atoms. The zero-order chi connectivity index (χ0) is 9.42. The molecule has 2 rings (SSSR count). The predicted molar refractivity (Wildman–Crippen MR) is 43.9 cm³/mol. The Hall–Kier alpha value is -0.910. The zero-order valence-corrected chi connectivity index (χ0v) is 7.04. The lowest BCUT2D eigenvalue weighted by atomic mass is 9.98. The van der Waals surface area contributed by atoms with E-state index in [9.17, 15) is 10.2 Å². The summed E-state index contributed by atoms with van der Waals surface area (Å²) in [5.74, 6) is 0. The van der Waals surface area contributed by atoms with E-state index < -0.39 is 12.2 Å². The van der Waals surface area contributed by atoms with E-state index in [-0.39, 0.29) is 12.6 Å². The van der Waals surface area contributed by atoms with Crippen LogP contribution in [0.25, 0.3) is 0 Å². The first-order valence-corrected chi connectivity index (χ1v) is 4.22. The molecule has 5 heteroatoms. The van der Waals surface area contributed by atoms with Crippen molar-refractivity contribution in [2.75, 3.05) is 6.61 Å². The molecule has 0 spiro atoms. The van der Waals surface area contributed by atoms with Gasteiger partial charge in [0.15, 0.2) is 0 Å². The SMILES string of the molecule is OC[C@H]1C[C@@H](O)[C@@H](O)c2cncn21. The summed E-state index contributed by atoms with van der Waals surface area (Å²) in [7, 11) is 0. The van der Waals surface area contributed by atoms with Gasteiger partial charge in [0.25, 0.3) is 0 Å². The maximum absolute atomic E-state index is 9.54. The van der Waals surface area contributed by atoms with E-state index in [1.165, 1.54) is 6.20 Å². The fraction of sp³-hybridized carbons (Fsp3) is 0.625. The summed E-state index contributed by atoms with van der Waals surface area (Å²) in [5, 5.41) is 28.0. The van der Waals surface area contributed by atoms with Gasteiger partial charge in [0, 0.05) is 0 Å². The number of aliphatic hydroxyl groups excluding tert-OH is 3. The van der Waals surface area contributed by atoms with Crippen molar-refractivity contribution < 1.29 is 15.3 Å². The summed E-state index contributed by atoms with van der Waals surface area (Å²) in [4.78, 5) is 3.87. The van der Waals surface area contributed by atoms with Crippen LogP contribution < -0.4 is 0 Å². The molecule has 0 saturated heterocycles. The van der Waals surface area contributed by atoms with Crippen LogP contribution in [-0.4, -0.2) is 37.6 Å². The van der Waals surface area contributed by atoms with Gasteiger partial charge < -0.3 is 19.9 Å². The standard InChI is InChI=1S/C8H12N2O3/c11-3-5-1-7(12)8(13)6-2-9-4-10(5)6/h2,4-5,7-8,11-13H,1,3H2/t5-,7-,8+/m1/s1. The number of nitrogens with zero attached hydrogens (tertiary/aromatic N) is 2. The molecule has 0 aromatic carbocycles. The summed E-state index contributed by atoms with van der Waals surface area (Å²) < 4.78 is 1.71. The molecular weight excluding hydrogens is 172 g/mol. The highest BCUT2D eigenvalue weighted by molar-refractivity contribution is 5.10. The summed E-state index contributed by atoms with van der Waals surface area (Å²) in [6, 6.07) is -0.170. The molecule has 0 fully saturated rings. The maximum Gasteiger partial charge on any atom is 0.121 e. The fourth-order valence-corrected chi connectivity index (χ4v) is 1.73. The molecule has 0 amide bonds. The van der Waals surface area contributed by atoms with E-state index in [0.29, 0.717) is 12.1 Å². The van der Waals surface area contributed by atoms with E-state index in [1.54, 1.807) is 10.9 Å². The second-order valence-electron chi connectivity index (χ2n) is 3.31. The average Bonchev–Trinajstić information content (AvgIpc) is 2.60. The van der Waals surface area contributed by atoms with E-state index in [1.807, 2.05) is 0 Å². The minimum atomic E-state index is -0.884. The number of fused-ring (bicyclic) bond motifs is 1. The Kier molecular flexibility index (Phi) is 2.07. The third-order valence-corrected chi connectivity index (χ3v) is 2.48. The average molecular weight is 184 g/mol. The van der Waals surface area contributed by atoms with Crippen LogP contribution in [0, 0.1) is 0 Å². The van der Waals surface area contributed by atoms with Gasteiger partial charge in [-0.15, -0.1) is 0 Å². The third kappa shape index (κ3) is 1.25. The monoisotopic (exact) mass is 184 g/mol. The van der Waals surface area contributed by atoms with Gasteiger partial charge in [0.05, 0.1) is 37.0 Å². The molecule has 1 aromatic rings. The second kappa shape index (κ2) is 3.10. The summed E-state index contributed by atoms with van der Waals surface area (Å²) in [6.45, 7) is -0.0485. The Morgan fingerprint density at radius 1 is 1.54 bits per heavy atom. The largest absolute Gasteiger partial charge is 0.394 e. The van der Waals surface area contributed by atoms with Crippen molar-refractivity contribution in [3.05, 3.63) is 18.2 Å². The molecule has 3 N–H and O–H groups in total. The van der Waals surface area contributed by atoms with Gasteiger partial charge in [0.2, 0.25) is 0 Å². The molecule has 5 nitrogen and oxygen atoms in total. The van der Waals surface area contributed by atoms with Crippen molar-refractivity contribution in [1.29, 1.82) is 0 Å². The quantitative estimate of drug-likeness (QED) is 0.534. The fourth-order valence-electron chi connectivity index (χ4n) is 1.73. The molecule has 72 valence electrons.